The molecule has 8 nitrogen and oxygen atoms in total. The molecule has 0 radical (unpaired) electrons. The first kappa shape index (κ1) is 51.7. The summed E-state index contributed by atoms with van der Waals surface area (Å²) in [5, 5.41) is 13.6. The Morgan fingerprint density at radius 3 is 1.65 bits per heavy atom. The van der Waals surface area contributed by atoms with Crippen LogP contribution in [0.4, 0.5) is 0 Å². The number of aliphatic hydroxyl groups excluding tert-OH is 1. The number of unbranched alkanes of at least 4 members (excludes halogenated alkanes) is 14. The summed E-state index contributed by atoms with van der Waals surface area (Å²) in [4.78, 5) is 22.7. The third-order valence-corrected chi connectivity index (χ3v) is 9.69. The van der Waals surface area contributed by atoms with Crippen molar-refractivity contribution in [2.75, 3.05) is 19.8 Å². The Hall–Kier alpha value is -2.32. The van der Waals surface area contributed by atoms with Crippen LogP contribution in [0.25, 0.3) is 0 Å². The predicted octanol–water partition coefficient (Wildman–Crippen LogP) is 11.8. The van der Waals surface area contributed by atoms with Crippen molar-refractivity contribution >= 4 is 13.7 Å². The molecule has 3 atom stereocenters. The fourth-order valence-corrected chi connectivity index (χ4v) is 6.28. The number of carbonyl (C=O) groups excluding carboxylic acids is 1. The van der Waals surface area contributed by atoms with Gasteiger partial charge in [-0.1, -0.05) is 163 Å². The summed E-state index contributed by atoms with van der Waals surface area (Å²) in [7, 11) is -4.36. The number of hydrogen-bond acceptors (Lipinski definition) is 6. The number of nitrogens with one attached hydrogen (secondary N) is 1. The topological polar surface area (TPSA) is 131 Å². The fourth-order valence-electron chi connectivity index (χ4n) is 5.53. The van der Waals surface area contributed by atoms with Gasteiger partial charge in [-0.25, -0.2) is 4.57 Å². The lowest BCUT2D eigenvalue weighted by molar-refractivity contribution is -0.123. The van der Waals surface area contributed by atoms with Crippen molar-refractivity contribution in [3.63, 3.8) is 0 Å². The van der Waals surface area contributed by atoms with Crippen LogP contribution in [-0.2, 0) is 18.4 Å². The molecule has 0 aliphatic carbocycles. The number of amides is 1. The van der Waals surface area contributed by atoms with E-state index in [4.69, 9.17) is 14.8 Å². The maximum atomic E-state index is 12.7. The first-order chi connectivity index (χ1) is 26.4. The number of rotatable bonds is 38. The molecule has 5 N–H and O–H groups in total. The number of phosphoric ester groups is 1. The molecule has 0 aliphatic heterocycles. The quantitative estimate of drug-likeness (QED) is 0.0279. The van der Waals surface area contributed by atoms with Gasteiger partial charge in [-0.05, 0) is 77.0 Å². The number of allylic oxidation sites excluding steroid dienone is 13. The van der Waals surface area contributed by atoms with E-state index in [9.17, 15) is 19.4 Å². The van der Waals surface area contributed by atoms with Crippen molar-refractivity contribution in [3.8, 4) is 0 Å². The van der Waals surface area contributed by atoms with Crippen molar-refractivity contribution in [2.45, 2.75) is 174 Å². The zero-order valence-electron chi connectivity index (χ0n) is 34.2. The number of carbonyl (C=O) groups is 1. The fraction of sp³-hybridized carbons (Fsp3) is 0.667. The van der Waals surface area contributed by atoms with E-state index in [1.54, 1.807) is 6.08 Å². The van der Waals surface area contributed by atoms with Crippen LogP contribution in [0.15, 0.2) is 85.1 Å². The number of hydrogen-bond donors (Lipinski definition) is 4. The Labute approximate surface area is 330 Å². The largest absolute Gasteiger partial charge is 0.472 e. The maximum absolute atomic E-state index is 12.7. The summed E-state index contributed by atoms with van der Waals surface area (Å²) in [6.07, 6.45) is 53.5. The highest BCUT2D eigenvalue weighted by Crippen LogP contribution is 2.43. The first-order valence-electron chi connectivity index (χ1n) is 21.2. The monoisotopic (exact) mass is 775 g/mol. The van der Waals surface area contributed by atoms with E-state index in [1.165, 1.54) is 64.2 Å². The summed E-state index contributed by atoms with van der Waals surface area (Å²) < 4.78 is 22.1. The molecule has 54 heavy (non-hydrogen) atoms. The zero-order valence-corrected chi connectivity index (χ0v) is 35.1. The average molecular weight is 775 g/mol. The Morgan fingerprint density at radius 2 is 1.09 bits per heavy atom. The summed E-state index contributed by atoms with van der Waals surface area (Å²) in [5.74, 6) is -0.239. The van der Waals surface area contributed by atoms with E-state index in [0.29, 0.717) is 12.8 Å². The standard InChI is InChI=1S/C45H79N2O6P/c1-3-5-7-9-11-13-15-17-19-21-22-23-25-27-29-31-33-35-37-39-45(49)47-43(42-53-54(50,51)52-41-40-46)44(48)38-36-34-32-30-28-26-24-20-18-16-14-12-10-8-6-4-2/h5,7,11,13,17,19,22-23,27-30,36,38,43-44,48H,3-4,6,8-10,12,14-16,18,20-21,24-26,31-35,37,39-42,46H2,1-2H3,(H,47,49)(H,50,51)/b7-5-,13-11-,19-17-,23-22-,29-27-,30-28+,38-36+. The molecule has 310 valence electrons. The van der Waals surface area contributed by atoms with Crippen LogP contribution in [0.3, 0.4) is 0 Å². The van der Waals surface area contributed by atoms with Crippen molar-refractivity contribution < 1.29 is 28.4 Å². The number of phosphoric acid groups is 1. The molecule has 0 spiro atoms. The molecule has 0 aromatic rings. The van der Waals surface area contributed by atoms with Crippen molar-refractivity contribution in [2.24, 2.45) is 5.73 Å². The smallest absolute Gasteiger partial charge is 0.387 e. The molecule has 3 unspecified atom stereocenters. The van der Waals surface area contributed by atoms with Crippen LogP contribution < -0.4 is 11.1 Å². The zero-order chi connectivity index (χ0) is 39.6. The molecule has 0 aliphatic rings. The van der Waals surface area contributed by atoms with Gasteiger partial charge in [0.1, 0.15) is 0 Å². The Morgan fingerprint density at radius 1 is 0.630 bits per heavy atom. The third kappa shape index (κ3) is 38.0. The second kappa shape index (κ2) is 40.3. The van der Waals surface area contributed by atoms with E-state index in [2.05, 4.69) is 92.1 Å². The second-order valence-corrected chi connectivity index (χ2v) is 15.3. The highest BCUT2D eigenvalue weighted by molar-refractivity contribution is 7.47. The maximum Gasteiger partial charge on any atom is 0.472 e. The highest BCUT2D eigenvalue weighted by Gasteiger charge is 2.26. The molecule has 0 saturated heterocycles. The van der Waals surface area contributed by atoms with Crippen LogP contribution in [-0.4, -0.2) is 47.8 Å². The SMILES string of the molecule is CC/C=C\C/C=C\C/C=C\C/C=C\C/C=C\CCCCCC(=O)NC(COP(=O)(O)OCCN)C(O)/C=C/CC/C=C/CCCCCCCCCCCC. The molecule has 0 saturated carbocycles. The Bertz CT molecular complexity index is 1110. The minimum absolute atomic E-state index is 0.0637. The van der Waals surface area contributed by atoms with Crippen LogP contribution in [0, 0.1) is 0 Å². The van der Waals surface area contributed by atoms with Crippen molar-refractivity contribution in [1.29, 1.82) is 0 Å². The predicted molar refractivity (Wildman–Crippen MR) is 230 cm³/mol. The number of nitrogens with two attached hydrogens (primary N) is 1. The van der Waals surface area contributed by atoms with E-state index >= 15 is 0 Å². The Kier molecular flexibility index (Phi) is 38.6. The van der Waals surface area contributed by atoms with Gasteiger partial charge in [0.15, 0.2) is 0 Å². The van der Waals surface area contributed by atoms with Gasteiger partial charge in [-0.15, -0.1) is 0 Å². The van der Waals surface area contributed by atoms with Gasteiger partial charge in [0.25, 0.3) is 0 Å². The second-order valence-electron chi connectivity index (χ2n) is 13.8. The van der Waals surface area contributed by atoms with Gasteiger partial charge in [-0.3, -0.25) is 13.8 Å². The molecule has 0 heterocycles. The van der Waals surface area contributed by atoms with E-state index in [-0.39, 0.29) is 25.7 Å². The molecular formula is C45H79N2O6P. The van der Waals surface area contributed by atoms with Crippen LogP contribution in [0.1, 0.15) is 162 Å². The first-order valence-corrected chi connectivity index (χ1v) is 22.7. The normalized spacial score (nSPS) is 15.0. The summed E-state index contributed by atoms with van der Waals surface area (Å²) in [6.45, 7) is 3.95. The summed E-state index contributed by atoms with van der Waals surface area (Å²) in [6, 6.07) is -0.899. The minimum atomic E-state index is -4.36. The van der Waals surface area contributed by atoms with Gasteiger partial charge in [0.05, 0.1) is 25.4 Å². The molecule has 0 bridgehead atoms. The van der Waals surface area contributed by atoms with Crippen LogP contribution in [0.2, 0.25) is 0 Å². The summed E-state index contributed by atoms with van der Waals surface area (Å²) >= 11 is 0. The molecule has 0 fully saturated rings. The van der Waals surface area contributed by atoms with Crippen molar-refractivity contribution in [1.82, 2.24) is 5.32 Å². The van der Waals surface area contributed by atoms with Gasteiger partial charge < -0.3 is 21.1 Å². The molecule has 0 rings (SSSR count). The van der Waals surface area contributed by atoms with Crippen LogP contribution >= 0.6 is 7.82 Å². The average Bonchev–Trinajstić information content (AvgIpc) is 3.16. The molecule has 0 aromatic heterocycles. The Balaban J connectivity index is 4.38. The molecule has 9 heteroatoms. The lowest BCUT2D eigenvalue weighted by atomic mass is 10.1. The lowest BCUT2D eigenvalue weighted by Gasteiger charge is -2.23. The van der Waals surface area contributed by atoms with Gasteiger partial charge in [0.2, 0.25) is 5.91 Å². The molecule has 0 aromatic carbocycles. The summed E-state index contributed by atoms with van der Waals surface area (Å²) in [5.41, 5.74) is 5.36. The minimum Gasteiger partial charge on any atom is -0.387 e. The lowest BCUT2D eigenvalue weighted by Crippen LogP contribution is -2.45. The van der Waals surface area contributed by atoms with Gasteiger partial charge >= 0.3 is 7.82 Å². The molecule has 1 amide bonds. The molecular weight excluding hydrogens is 695 g/mol. The number of aliphatic hydroxyl groups is 1. The van der Waals surface area contributed by atoms with Gasteiger partial charge in [-0.2, -0.15) is 0 Å². The van der Waals surface area contributed by atoms with Crippen LogP contribution in [0.5, 0.6) is 0 Å². The highest BCUT2D eigenvalue weighted by atomic mass is 31.2. The van der Waals surface area contributed by atoms with E-state index < -0.39 is 20.0 Å². The third-order valence-electron chi connectivity index (χ3n) is 8.70. The van der Waals surface area contributed by atoms with E-state index in [0.717, 1.165) is 70.6 Å². The van der Waals surface area contributed by atoms with E-state index in [1.807, 2.05) is 6.08 Å². The van der Waals surface area contributed by atoms with Crippen molar-refractivity contribution in [3.05, 3.63) is 85.1 Å². The van der Waals surface area contributed by atoms with Gasteiger partial charge in [0, 0.05) is 13.0 Å².